The van der Waals surface area contributed by atoms with Crippen molar-refractivity contribution in [1.29, 1.82) is 0 Å². The van der Waals surface area contributed by atoms with Crippen molar-refractivity contribution in [3.05, 3.63) is 36.5 Å². The molecule has 0 fully saturated rings. The minimum atomic E-state index is -0.441. The first kappa shape index (κ1) is 19.3. The zero-order chi connectivity index (χ0) is 16.6. The average Bonchev–Trinajstić information content (AvgIpc) is 2.44. The molecule has 0 aliphatic carbocycles. The van der Waals surface area contributed by atoms with Gasteiger partial charge in [-0.05, 0) is 37.0 Å². The van der Waals surface area contributed by atoms with Crippen molar-refractivity contribution in [2.75, 3.05) is 6.61 Å². The first-order valence-electron chi connectivity index (χ1n) is 6.82. The highest BCUT2D eigenvalue weighted by Crippen LogP contribution is 2.02. The van der Waals surface area contributed by atoms with Crippen LogP contribution in [0.5, 0.6) is 0 Å². The van der Waals surface area contributed by atoms with Gasteiger partial charge in [-0.25, -0.2) is 0 Å². The number of allylic oxidation sites excluding steroid dienone is 5. The highest BCUT2D eigenvalue weighted by molar-refractivity contribution is 5.66. The molecule has 0 bridgehead atoms. The number of carbonyl (C=O) groups excluding carboxylic acids is 2. The molecule has 22 heavy (non-hydrogen) atoms. The number of rotatable bonds is 6. The van der Waals surface area contributed by atoms with E-state index in [1.165, 1.54) is 13.8 Å². The number of ether oxygens (including phenoxy) is 2. The molecule has 116 valence electrons. The van der Waals surface area contributed by atoms with Crippen molar-refractivity contribution < 1.29 is 19.1 Å². The summed E-state index contributed by atoms with van der Waals surface area (Å²) in [6.07, 6.45) is 10.3. The summed E-state index contributed by atoms with van der Waals surface area (Å²) >= 11 is 0. The van der Waals surface area contributed by atoms with Gasteiger partial charge in [-0.3, -0.25) is 9.59 Å². The maximum absolute atomic E-state index is 11.0. The standard InChI is InChI=1S/C18H20O4/c1-4-5-6-7-8-9-10-11-12-13-18(22-17(3)20)14-15-21-16(2)19/h4-5,10-13,18H,14-15H2,1-3H3/b5-4+,11-10+,13-12+/t18-/m1/s1. The predicted molar refractivity (Wildman–Crippen MR) is 85.5 cm³/mol. The van der Waals surface area contributed by atoms with E-state index in [0.29, 0.717) is 6.42 Å². The molecular weight excluding hydrogens is 280 g/mol. The van der Waals surface area contributed by atoms with E-state index >= 15 is 0 Å². The normalized spacial score (nSPS) is 11.6. The monoisotopic (exact) mass is 300 g/mol. The van der Waals surface area contributed by atoms with Crippen molar-refractivity contribution >= 4 is 11.9 Å². The van der Waals surface area contributed by atoms with Gasteiger partial charge in [0.25, 0.3) is 0 Å². The molecule has 0 aliphatic rings. The first-order valence-corrected chi connectivity index (χ1v) is 6.82. The Labute approximate surface area is 131 Å². The molecule has 0 spiro atoms. The summed E-state index contributed by atoms with van der Waals surface area (Å²) in [6.45, 7) is 4.74. The fourth-order valence-corrected chi connectivity index (χ4v) is 1.26. The van der Waals surface area contributed by atoms with Crippen LogP contribution in [0.4, 0.5) is 0 Å². The second-order valence-electron chi connectivity index (χ2n) is 4.06. The van der Waals surface area contributed by atoms with E-state index in [1.54, 1.807) is 30.4 Å². The van der Waals surface area contributed by atoms with E-state index in [-0.39, 0.29) is 18.5 Å². The van der Waals surface area contributed by atoms with Crippen LogP contribution in [0.15, 0.2) is 36.5 Å². The fraction of sp³-hybridized carbons (Fsp3) is 0.333. The Morgan fingerprint density at radius 3 is 2.32 bits per heavy atom. The molecule has 0 saturated heterocycles. The molecule has 0 aromatic rings. The van der Waals surface area contributed by atoms with E-state index < -0.39 is 6.10 Å². The Bertz CT molecular complexity index is 559. The topological polar surface area (TPSA) is 52.6 Å². The molecule has 0 unspecified atom stereocenters. The van der Waals surface area contributed by atoms with Crippen molar-refractivity contribution in [3.63, 3.8) is 0 Å². The Morgan fingerprint density at radius 2 is 1.73 bits per heavy atom. The summed E-state index contributed by atoms with van der Waals surface area (Å²) in [5.41, 5.74) is 0. The lowest BCUT2D eigenvalue weighted by molar-refractivity contribution is -0.146. The summed E-state index contributed by atoms with van der Waals surface area (Å²) in [6, 6.07) is 0. The van der Waals surface area contributed by atoms with Crippen LogP contribution in [0.2, 0.25) is 0 Å². The van der Waals surface area contributed by atoms with Crippen molar-refractivity contribution in [2.45, 2.75) is 33.3 Å². The third-order valence-electron chi connectivity index (χ3n) is 2.10. The van der Waals surface area contributed by atoms with E-state index in [0.717, 1.165) is 0 Å². The largest absolute Gasteiger partial charge is 0.466 e. The van der Waals surface area contributed by atoms with E-state index in [4.69, 9.17) is 9.47 Å². The van der Waals surface area contributed by atoms with E-state index in [9.17, 15) is 9.59 Å². The van der Waals surface area contributed by atoms with Crippen LogP contribution in [0.3, 0.4) is 0 Å². The van der Waals surface area contributed by atoms with Gasteiger partial charge >= 0.3 is 11.9 Å². The van der Waals surface area contributed by atoms with Crippen molar-refractivity contribution in [3.8, 4) is 23.7 Å². The summed E-state index contributed by atoms with van der Waals surface area (Å²) in [5.74, 6) is 10.1. The Kier molecular flexibility index (Phi) is 11.6. The van der Waals surface area contributed by atoms with E-state index in [2.05, 4.69) is 23.7 Å². The molecule has 0 N–H and O–H groups in total. The van der Waals surface area contributed by atoms with Crippen LogP contribution in [-0.4, -0.2) is 24.6 Å². The second-order valence-corrected chi connectivity index (χ2v) is 4.06. The molecule has 0 aromatic heterocycles. The molecule has 1 atom stereocenters. The van der Waals surface area contributed by atoms with Crippen LogP contribution < -0.4 is 0 Å². The van der Waals surface area contributed by atoms with Gasteiger partial charge in [-0.2, -0.15) is 0 Å². The SMILES string of the molecule is C/C=C/C#CC#C/C=C/C=C/[C@H](CCOC(C)=O)OC(C)=O. The third-order valence-corrected chi connectivity index (χ3v) is 2.10. The van der Waals surface area contributed by atoms with Gasteiger partial charge in [0.05, 0.1) is 6.61 Å². The Balaban J connectivity index is 4.36. The number of hydrogen-bond acceptors (Lipinski definition) is 4. The zero-order valence-electron chi connectivity index (χ0n) is 13.1. The summed E-state index contributed by atoms with van der Waals surface area (Å²) < 4.78 is 9.91. The fourth-order valence-electron chi connectivity index (χ4n) is 1.26. The molecule has 0 heterocycles. The van der Waals surface area contributed by atoms with E-state index in [1.807, 2.05) is 13.0 Å². The molecule has 0 aliphatic heterocycles. The Hall–Kier alpha value is -2.72. The van der Waals surface area contributed by atoms with Crippen LogP contribution in [0, 0.1) is 23.7 Å². The summed E-state index contributed by atoms with van der Waals surface area (Å²) in [7, 11) is 0. The molecule has 0 aromatic carbocycles. The molecule has 0 radical (unpaired) electrons. The van der Waals surface area contributed by atoms with Gasteiger partial charge in [0, 0.05) is 20.3 Å². The highest BCUT2D eigenvalue weighted by Gasteiger charge is 2.08. The van der Waals surface area contributed by atoms with Crippen LogP contribution in [0.1, 0.15) is 27.2 Å². The molecule has 4 nitrogen and oxygen atoms in total. The smallest absolute Gasteiger partial charge is 0.303 e. The predicted octanol–water partition coefficient (Wildman–Crippen LogP) is 2.57. The van der Waals surface area contributed by atoms with Crippen LogP contribution >= 0.6 is 0 Å². The quantitative estimate of drug-likeness (QED) is 0.430. The molecule has 0 saturated carbocycles. The molecule has 0 amide bonds. The van der Waals surface area contributed by atoms with Crippen molar-refractivity contribution in [2.24, 2.45) is 0 Å². The minimum absolute atomic E-state index is 0.196. The number of carbonyl (C=O) groups is 2. The molecular formula is C18H20O4. The van der Waals surface area contributed by atoms with Gasteiger partial charge < -0.3 is 9.47 Å². The second kappa shape index (κ2) is 13.3. The highest BCUT2D eigenvalue weighted by atomic mass is 16.6. The lowest BCUT2D eigenvalue weighted by Gasteiger charge is -2.12. The maximum atomic E-state index is 11.0. The first-order chi connectivity index (χ1) is 10.6. The van der Waals surface area contributed by atoms with Gasteiger partial charge in [-0.1, -0.05) is 30.1 Å². The van der Waals surface area contributed by atoms with Crippen LogP contribution in [0.25, 0.3) is 0 Å². The summed E-state index contributed by atoms with van der Waals surface area (Å²) in [5, 5.41) is 0. The lowest BCUT2D eigenvalue weighted by Crippen LogP contribution is -2.17. The van der Waals surface area contributed by atoms with Gasteiger partial charge in [0.2, 0.25) is 0 Å². The van der Waals surface area contributed by atoms with Gasteiger partial charge in [0.15, 0.2) is 0 Å². The number of hydrogen-bond donors (Lipinski definition) is 0. The zero-order valence-corrected chi connectivity index (χ0v) is 13.1. The number of esters is 2. The maximum Gasteiger partial charge on any atom is 0.303 e. The summed E-state index contributed by atoms with van der Waals surface area (Å²) in [4.78, 5) is 21.7. The Morgan fingerprint density at radius 1 is 1.05 bits per heavy atom. The minimum Gasteiger partial charge on any atom is -0.466 e. The molecule has 4 heteroatoms. The van der Waals surface area contributed by atoms with Gasteiger partial charge in [0.1, 0.15) is 6.10 Å². The van der Waals surface area contributed by atoms with Crippen LogP contribution in [-0.2, 0) is 19.1 Å². The lowest BCUT2D eigenvalue weighted by atomic mass is 10.2. The average molecular weight is 300 g/mol. The van der Waals surface area contributed by atoms with Crippen molar-refractivity contribution in [1.82, 2.24) is 0 Å². The third kappa shape index (κ3) is 13.7. The molecule has 0 rings (SSSR count). The van der Waals surface area contributed by atoms with Gasteiger partial charge in [-0.15, -0.1) is 0 Å².